The first-order valence-electron chi connectivity index (χ1n) is 5.44. The zero-order valence-corrected chi connectivity index (χ0v) is 11.9. The van der Waals surface area contributed by atoms with E-state index in [-0.39, 0.29) is 4.83 Å². The van der Waals surface area contributed by atoms with E-state index in [9.17, 15) is 0 Å². The Bertz CT molecular complexity index is 461. The SMILES string of the molecule is CCC(Br)c1nc(CSc2ccccc2)no1. The Labute approximate surface area is 113 Å². The minimum atomic E-state index is 0.158. The molecule has 0 saturated carbocycles. The molecule has 2 aromatic rings. The fraction of sp³-hybridized carbons (Fsp3) is 0.333. The molecule has 0 aliphatic heterocycles. The predicted octanol–water partition coefficient (Wildman–Crippen LogP) is 4.21. The minimum Gasteiger partial charge on any atom is -0.338 e. The van der Waals surface area contributed by atoms with Gasteiger partial charge in [-0.05, 0) is 18.6 Å². The summed E-state index contributed by atoms with van der Waals surface area (Å²) in [5.41, 5.74) is 0. The highest BCUT2D eigenvalue weighted by atomic mass is 79.9. The number of hydrogen-bond acceptors (Lipinski definition) is 4. The van der Waals surface area contributed by atoms with Crippen LogP contribution in [0.4, 0.5) is 0 Å². The fourth-order valence-electron chi connectivity index (χ4n) is 1.29. The maximum Gasteiger partial charge on any atom is 0.240 e. The van der Waals surface area contributed by atoms with Crippen LogP contribution in [-0.4, -0.2) is 10.1 Å². The molecule has 1 heterocycles. The van der Waals surface area contributed by atoms with Gasteiger partial charge in [-0.3, -0.25) is 0 Å². The van der Waals surface area contributed by atoms with Crippen molar-refractivity contribution in [1.82, 2.24) is 10.1 Å². The summed E-state index contributed by atoms with van der Waals surface area (Å²) in [6.07, 6.45) is 0.938. The summed E-state index contributed by atoms with van der Waals surface area (Å²) in [5, 5.41) is 3.96. The zero-order valence-electron chi connectivity index (χ0n) is 9.47. The fourth-order valence-corrected chi connectivity index (χ4v) is 2.24. The van der Waals surface area contributed by atoms with Gasteiger partial charge in [0.2, 0.25) is 5.89 Å². The van der Waals surface area contributed by atoms with Gasteiger partial charge >= 0.3 is 0 Å². The van der Waals surface area contributed by atoms with Gasteiger partial charge in [0.25, 0.3) is 0 Å². The zero-order chi connectivity index (χ0) is 12.1. The van der Waals surface area contributed by atoms with Crippen LogP contribution in [-0.2, 0) is 5.75 Å². The summed E-state index contributed by atoms with van der Waals surface area (Å²) in [5.74, 6) is 2.14. The highest BCUT2D eigenvalue weighted by Gasteiger charge is 2.13. The molecule has 90 valence electrons. The third kappa shape index (κ3) is 3.57. The first-order chi connectivity index (χ1) is 8.29. The van der Waals surface area contributed by atoms with E-state index in [1.165, 1.54) is 4.90 Å². The summed E-state index contributed by atoms with van der Waals surface area (Å²) >= 11 is 5.20. The monoisotopic (exact) mass is 312 g/mol. The van der Waals surface area contributed by atoms with Crippen molar-refractivity contribution in [3.63, 3.8) is 0 Å². The molecule has 1 atom stereocenters. The van der Waals surface area contributed by atoms with Gasteiger partial charge in [-0.1, -0.05) is 46.2 Å². The molecular weight excluding hydrogens is 300 g/mol. The standard InChI is InChI=1S/C12H13BrN2OS/c1-2-10(13)12-14-11(15-16-12)8-17-9-6-4-3-5-7-9/h3-7,10H,2,8H2,1H3. The molecule has 2 rings (SSSR count). The van der Waals surface area contributed by atoms with Crippen molar-refractivity contribution >= 4 is 27.7 Å². The quantitative estimate of drug-likeness (QED) is 0.612. The molecule has 1 unspecified atom stereocenters. The third-order valence-electron chi connectivity index (χ3n) is 2.22. The lowest BCUT2D eigenvalue weighted by Crippen LogP contribution is -1.89. The van der Waals surface area contributed by atoms with Gasteiger partial charge in [-0.25, -0.2) is 0 Å². The Morgan fingerprint density at radius 3 is 2.82 bits per heavy atom. The van der Waals surface area contributed by atoms with Gasteiger partial charge in [0.1, 0.15) is 0 Å². The van der Waals surface area contributed by atoms with E-state index >= 15 is 0 Å². The molecule has 0 bridgehead atoms. The maximum atomic E-state index is 5.18. The third-order valence-corrected chi connectivity index (χ3v) is 4.27. The van der Waals surface area contributed by atoms with E-state index in [0.717, 1.165) is 18.0 Å². The molecule has 5 heteroatoms. The second-order valence-electron chi connectivity index (χ2n) is 3.53. The highest BCUT2D eigenvalue weighted by molar-refractivity contribution is 9.09. The van der Waals surface area contributed by atoms with Gasteiger partial charge in [-0.15, -0.1) is 11.8 Å². The molecule has 0 fully saturated rings. The molecule has 0 aliphatic rings. The van der Waals surface area contributed by atoms with Crippen molar-refractivity contribution in [2.75, 3.05) is 0 Å². The predicted molar refractivity (Wildman–Crippen MR) is 72.3 cm³/mol. The average Bonchev–Trinajstić information content (AvgIpc) is 2.85. The number of alkyl halides is 1. The van der Waals surface area contributed by atoms with Crippen LogP contribution in [0.15, 0.2) is 39.8 Å². The molecule has 0 radical (unpaired) electrons. The molecule has 1 aromatic carbocycles. The van der Waals surface area contributed by atoms with E-state index in [1.54, 1.807) is 11.8 Å². The smallest absolute Gasteiger partial charge is 0.240 e. The van der Waals surface area contributed by atoms with E-state index in [2.05, 4.69) is 45.1 Å². The Morgan fingerprint density at radius 2 is 2.12 bits per heavy atom. The van der Waals surface area contributed by atoms with E-state index in [0.29, 0.717) is 5.89 Å². The summed E-state index contributed by atoms with van der Waals surface area (Å²) in [4.78, 5) is 5.72. The first kappa shape index (κ1) is 12.6. The number of thioether (sulfide) groups is 1. The summed E-state index contributed by atoms with van der Waals surface area (Å²) < 4.78 is 5.18. The van der Waals surface area contributed by atoms with Crippen LogP contribution in [0.3, 0.4) is 0 Å². The Morgan fingerprint density at radius 1 is 1.35 bits per heavy atom. The first-order valence-corrected chi connectivity index (χ1v) is 7.34. The molecular formula is C12H13BrN2OS. The Kier molecular flexibility index (Phi) is 4.62. The van der Waals surface area contributed by atoms with Gasteiger partial charge in [0.05, 0.1) is 10.6 Å². The second-order valence-corrected chi connectivity index (χ2v) is 5.68. The van der Waals surface area contributed by atoms with Crippen molar-refractivity contribution in [1.29, 1.82) is 0 Å². The largest absolute Gasteiger partial charge is 0.338 e. The van der Waals surface area contributed by atoms with Crippen LogP contribution < -0.4 is 0 Å². The highest BCUT2D eigenvalue weighted by Crippen LogP contribution is 2.26. The van der Waals surface area contributed by atoms with Crippen molar-refractivity contribution in [3.05, 3.63) is 42.0 Å². The molecule has 0 saturated heterocycles. The van der Waals surface area contributed by atoms with E-state index < -0.39 is 0 Å². The maximum absolute atomic E-state index is 5.18. The minimum absolute atomic E-state index is 0.158. The number of aromatic nitrogens is 2. The molecule has 0 aliphatic carbocycles. The van der Waals surface area contributed by atoms with Gasteiger partial charge in [0.15, 0.2) is 5.82 Å². The molecule has 3 nitrogen and oxygen atoms in total. The van der Waals surface area contributed by atoms with Crippen molar-refractivity contribution in [2.24, 2.45) is 0 Å². The summed E-state index contributed by atoms with van der Waals surface area (Å²) in [7, 11) is 0. The lowest BCUT2D eigenvalue weighted by atomic mass is 10.3. The molecule has 17 heavy (non-hydrogen) atoms. The van der Waals surface area contributed by atoms with Crippen molar-refractivity contribution in [3.8, 4) is 0 Å². The summed E-state index contributed by atoms with van der Waals surface area (Å²) in [6, 6.07) is 10.2. The average molecular weight is 313 g/mol. The Balaban J connectivity index is 1.94. The molecule has 0 amide bonds. The van der Waals surface area contributed by atoms with Crippen LogP contribution >= 0.6 is 27.7 Å². The van der Waals surface area contributed by atoms with Crippen molar-refractivity contribution in [2.45, 2.75) is 28.8 Å². The molecule has 1 aromatic heterocycles. The van der Waals surface area contributed by atoms with Gasteiger partial charge in [0, 0.05) is 4.90 Å². The van der Waals surface area contributed by atoms with Gasteiger partial charge < -0.3 is 4.52 Å². The number of nitrogens with zero attached hydrogens (tertiary/aromatic N) is 2. The van der Waals surface area contributed by atoms with Crippen LogP contribution in [0.5, 0.6) is 0 Å². The normalized spacial score (nSPS) is 12.6. The number of rotatable bonds is 5. The van der Waals surface area contributed by atoms with Crippen LogP contribution in [0.2, 0.25) is 0 Å². The topological polar surface area (TPSA) is 38.9 Å². The van der Waals surface area contributed by atoms with E-state index in [1.807, 2.05) is 18.2 Å². The Hall–Kier alpha value is -0.810. The van der Waals surface area contributed by atoms with Crippen LogP contribution in [0.1, 0.15) is 29.9 Å². The van der Waals surface area contributed by atoms with E-state index in [4.69, 9.17) is 4.52 Å². The number of hydrogen-bond donors (Lipinski definition) is 0. The van der Waals surface area contributed by atoms with Gasteiger partial charge in [-0.2, -0.15) is 4.98 Å². The lowest BCUT2D eigenvalue weighted by molar-refractivity contribution is 0.372. The number of halogens is 1. The molecule has 0 N–H and O–H groups in total. The van der Waals surface area contributed by atoms with Crippen LogP contribution in [0.25, 0.3) is 0 Å². The lowest BCUT2D eigenvalue weighted by Gasteiger charge is -1.97. The molecule has 0 spiro atoms. The van der Waals surface area contributed by atoms with Crippen LogP contribution in [0, 0.1) is 0 Å². The summed E-state index contributed by atoms with van der Waals surface area (Å²) in [6.45, 7) is 2.07. The second kappa shape index (κ2) is 6.21. The van der Waals surface area contributed by atoms with Crippen molar-refractivity contribution < 1.29 is 4.52 Å². The number of benzene rings is 1.